The van der Waals surface area contributed by atoms with Crippen LogP contribution < -0.4 is 15.2 Å². The van der Waals surface area contributed by atoms with Crippen molar-refractivity contribution in [1.82, 2.24) is 24.2 Å². The lowest BCUT2D eigenvalue weighted by Gasteiger charge is -2.49. The Bertz CT molecular complexity index is 1290. The summed E-state index contributed by atoms with van der Waals surface area (Å²) in [4.78, 5) is 22.5. The largest absolute Gasteiger partial charge is 0.489 e. The number of aromatic nitrogens is 4. The summed E-state index contributed by atoms with van der Waals surface area (Å²) < 4.78 is 8.99. The Kier molecular flexibility index (Phi) is 7.65. The van der Waals surface area contributed by atoms with Gasteiger partial charge in [-0.15, -0.1) is 0 Å². The molecular formula is C27H37N7O2. The second-order valence-electron chi connectivity index (χ2n) is 9.88. The fraction of sp³-hybridized carbons (Fsp3) is 0.556. The van der Waals surface area contributed by atoms with Gasteiger partial charge in [-0.3, -0.25) is 19.4 Å². The normalized spacial score (nSPS) is 19.6. The maximum atomic E-state index is 12.9. The van der Waals surface area contributed by atoms with Gasteiger partial charge in [-0.2, -0.15) is 10.4 Å². The molecule has 1 unspecified atom stereocenters. The van der Waals surface area contributed by atoms with Gasteiger partial charge in [0.2, 0.25) is 0 Å². The van der Waals surface area contributed by atoms with Crippen LogP contribution >= 0.6 is 0 Å². The summed E-state index contributed by atoms with van der Waals surface area (Å²) in [5.41, 5.74) is 3.33. The van der Waals surface area contributed by atoms with E-state index in [0.717, 1.165) is 54.1 Å². The van der Waals surface area contributed by atoms with E-state index in [1.54, 1.807) is 28.6 Å². The van der Waals surface area contributed by atoms with Gasteiger partial charge in [0, 0.05) is 44.3 Å². The molecule has 0 aromatic carbocycles. The zero-order chi connectivity index (χ0) is 26.0. The van der Waals surface area contributed by atoms with Crippen LogP contribution in [0.15, 0.2) is 35.4 Å². The average Bonchev–Trinajstić information content (AvgIpc) is 3.29. The molecule has 4 rings (SSSR count). The summed E-state index contributed by atoms with van der Waals surface area (Å²) in [6.07, 6.45) is 5.63. The molecule has 1 fully saturated rings. The second kappa shape index (κ2) is 10.7. The highest BCUT2D eigenvalue weighted by atomic mass is 16.5. The van der Waals surface area contributed by atoms with Crippen molar-refractivity contribution in [3.8, 4) is 11.8 Å². The third-order valence-electron chi connectivity index (χ3n) is 7.22. The van der Waals surface area contributed by atoms with Gasteiger partial charge >= 0.3 is 0 Å². The number of nitrogens with zero attached hydrogens (tertiary/aromatic N) is 7. The van der Waals surface area contributed by atoms with Crippen LogP contribution in [0.4, 0.5) is 5.69 Å². The maximum absolute atomic E-state index is 12.9. The topological polar surface area (TPSA) is 92.2 Å². The molecule has 0 amide bonds. The van der Waals surface area contributed by atoms with E-state index in [-0.39, 0.29) is 36.3 Å². The van der Waals surface area contributed by atoms with Crippen LogP contribution in [0.1, 0.15) is 59.2 Å². The van der Waals surface area contributed by atoms with Gasteiger partial charge in [0.25, 0.3) is 5.56 Å². The first-order chi connectivity index (χ1) is 17.3. The molecule has 4 heterocycles. The van der Waals surface area contributed by atoms with Crippen molar-refractivity contribution in [1.29, 1.82) is 5.26 Å². The van der Waals surface area contributed by atoms with E-state index in [0.29, 0.717) is 0 Å². The Morgan fingerprint density at radius 3 is 2.53 bits per heavy atom. The van der Waals surface area contributed by atoms with E-state index in [4.69, 9.17) is 15.0 Å². The van der Waals surface area contributed by atoms with Crippen LogP contribution in [0.5, 0.6) is 5.75 Å². The number of hydrogen-bond donors (Lipinski definition) is 0. The van der Waals surface area contributed by atoms with Crippen molar-refractivity contribution in [3.05, 3.63) is 46.6 Å². The van der Waals surface area contributed by atoms with Crippen LogP contribution in [0.3, 0.4) is 0 Å². The molecule has 192 valence electrons. The molecule has 0 bridgehead atoms. The minimum absolute atomic E-state index is 0.0689. The van der Waals surface area contributed by atoms with Gasteiger partial charge in [-0.25, -0.2) is 0 Å². The fourth-order valence-corrected chi connectivity index (χ4v) is 5.22. The van der Waals surface area contributed by atoms with Crippen molar-refractivity contribution in [2.24, 2.45) is 7.05 Å². The number of pyridine rings is 2. The van der Waals surface area contributed by atoms with Gasteiger partial charge in [0.05, 0.1) is 41.5 Å². The highest BCUT2D eigenvalue weighted by Crippen LogP contribution is 2.34. The molecule has 1 aliphatic rings. The predicted octanol–water partition coefficient (Wildman–Crippen LogP) is 3.88. The van der Waals surface area contributed by atoms with Gasteiger partial charge in [-0.05, 0) is 45.7 Å². The van der Waals surface area contributed by atoms with E-state index in [2.05, 4.69) is 47.8 Å². The molecule has 36 heavy (non-hydrogen) atoms. The summed E-state index contributed by atoms with van der Waals surface area (Å²) in [6.45, 7) is 12.4. The first-order valence-corrected chi connectivity index (χ1v) is 12.9. The van der Waals surface area contributed by atoms with Crippen molar-refractivity contribution >= 4 is 16.7 Å². The Morgan fingerprint density at radius 1 is 1.17 bits per heavy atom. The van der Waals surface area contributed by atoms with Gasteiger partial charge in [0.1, 0.15) is 17.8 Å². The minimum atomic E-state index is -0.0689. The lowest BCUT2D eigenvalue weighted by molar-refractivity contribution is 0.0990. The van der Waals surface area contributed by atoms with Crippen LogP contribution in [0, 0.1) is 11.3 Å². The zero-order valence-electron chi connectivity index (χ0n) is 22.2. The molecule has 3 atom stereocenters. The van der Waals surface area contributed by atoms with Crippen molar-refractivity contribution in [3.63, 3.8) is 0 Å². The van der Waals surface area contributed by atoms with Crippen LogP contribution in [-0.4, -0.2) is 55.5 Å². The van der Waals surface area contributed by atoms with E-state index >= 15 is 0 Å². The van der Waals surface area contributed by atoms with Gasteiger partial charge in [0.15, 0.2) is 0 Å². The molecule has 0 radical (unpaired) electrons. The van der Waals surface area contributed by atoms with Crippen LogP contribution in [0.25, 0.3) is 11.0 Å². The minimum Gasteiger partial charge on any atom is -0.489 e. The molecule has 0 spiro atoms. The Balaban J connectivity index is 1.65. The lowest BCUT2D eigenvalue weighted by atomic mass is 9.98. The summed E-state index contributed by atoms with van der Waals surface area (Å²) in [5.74, 6) is 0.787. The van der Waals surface area contributed by atoms with Crippen LogP contribution in [-0.2, 0) is 13.6 Å². The number of aryl methyl sites for hydroxylation is 1. The highest BCUT2D eigenvalue weighted by Gasteiger charge is 2.36. The third kappa shape index (κ3) is 4.96. The second-order valence-corrected chi connectivity index (χ2v) is 9.88. The zero-order valence-corrected chi connectivity index (χ0v) is 22.2. The first kappa shape index (κ1) is 25.7. The van der Waals surface area contributed by atoms with Gasteiger partial charge in [-0.1, -0.05) is 13.8 Å². The monoisotopic (exact) mass is 491 g/mol. The van der Waals surface area contributed by atoms with Crippen LogP contribution in [0.2, 0.25) is 0 Å². The first-order valence-electron chi connectivity index (χ1n) is 12.9. The van der Waals surface area contributed by atoms with E-state index in [1.165, 1.54) is 0 Å². The smallest absolute Gasteiger partial charge is 0.252 e. The highest BCUT2D eigenvalue weighted by molar-refractivity contribution is 5.88. The van der Waals surface area contributed by atoms with Crippen molar-refractivity contribution in [2.75, 3.05) is 18.0 Å². The molecule has 3 aromatic heterocycles. The lowest BCUT2D eigenvalue weighted by Crippen LogP contribution is -2.58. The summed E-state index contributed by atoms with van der Waals surface area (Å²) in [6, 6.07) is 8.57. The van der Waals surface area contributed by atoms with Crippen molar-refractivity contribution in [2.45, 2.75) is 78.2 Å². The molecular weight excluding hydrogens is 454 g/mol. The predicted molar refractivity (Wildman–Crippen MR) is 141 cm³/mol. The Hall–Kier alpha value is -3.38. The molecule has 1 aliphatic heterocycles. The van der Waals surface area contributed by atoms with E-state index < -0.39 is 0 Å². The summed E-state index contributed by atoms with van der Waals surface area (Å²) in [7, 11) is 1.75. The number of anilines is 1. The molecule has 0 N–H and O–H groups in total. The van der Waals surface area contributed by atoms with Crippen molar-refractivity contribution < 1.29 is 4.74 Å². The molecule has 1 saturated heterocycles. The Morgan fingerprint density at radius 2 is 1.92 bits per heavy atom. The molecule has 9 heteroatoms. The number of fused-ring (bicyclic) bond motifs is 1. The summed E-state index contributed by atoms with van der Waals surface area (Å²) >= 11 is 0. The average molecular weight is 492 g/mol. The standard InChI is InChI=1S/C27H37N7O2/c1-7-20-16-34(24-13-26(35)31(6)25-17-32(12-11-28)30-27(24)25)21(8-2)15-33(20)19(5)23-10-9-22(14-29-23)36-18(3)4/h9-10,13-14,17-21H,7-8,12,15-16H2,1-6H3/t19?,20-,21+/m1/s1. The SMILES string of the molecule is CC[C@H]1CN(C(C)c2ccc(OC(C)C)cn2)[C@H](CC)CN1c1cc(=O)n(C)c2cn(CC#N)nc12. The number of ether oxygens (including phenoxy) is 1. The number of hydrogen-bond acceptors (Lipinski definition) is 7. The maximum Gasteiger partial charge on any atom is 0.252 e. The number of rotatable bonds is 8. The third-order valence-corrected chi connectivity index (χ3v) is 7.22. The summed E-state index contributed by atoms with van der Waals surface area (Å²) in [5, 5.41) is 13.8. The Labute approximate surface area is 212 Å². The van der Waals surface area contributed by atoms with Gasteiger partial charge < -0.3 is 14.2 Å². The molecule has 9 nitrogen and oxygen atoms in total. The van der Waals surface area contributed by atoms with E-state index in [1.807, 2.05) is 26.1 Å². The molecule has 0 saturated carbocycles. The molecule has 0 aliphatic carbocycles. The fourth-order valence-electron chi connectivity index (χ4n) is 5.22. The van der Waals surface area contributed by atoms with E-state index in [9.17, 15) is 4.79 Å². The quantitative estimate of drug-likeness (QED) is 0.472. The number of nitriles is 1. The molecule has 3 aromatic rings. The number of piperazine rings is 1.